The van der Waals surface area contributed by atoms with E-state index in [0.29, 0.717) is 18.0 Å². The number of hydrogen-bond acceptors (Lipinski definition) is 3. The molecule has 0 N–H and O–H groups in total. The van der Waals surface area contributed by atoms with Gasteiger partial charge in [0.25, 0.3) is 6.73 Å². The van der Waals surface area contributed by atoms with Gasteiger partial charge in [0.2, 0.25) is 0 Å². The zero-order valence-corrected chi connectivity index (χ0v) is 9.58. The lowest BCUT2D eigenvalue weighted by Gasteiger charge is -2.05. The molecule has 0 saturated carbocycles. The van der Waals surface area contributed by atoms with E-state index in [-0.39, 0.29) is 5.56 Å². The summed E-state index contributed by atoms with van der Waals surface area (Å²) >= 11 is 0. The zero-order chi connectivity index (χ0) is 12.8. The van der Waals surface area contributed by atoms with Crippen LogP contribution in [0, 0.1) is 22.7 Å². The van der Waals surface area contributed by atoms with Gasteiger partial charge in [0.1, 0.15) is 23.5 Å². The van der Waals surface area contributed by atoms with Crippen molar-refractivity contribution in [3.63, 3.8) is 0 Å². The summed E-state index contributed by atoms with van der Waals surface area (Å²) in [5.41, 5.74) is 0.601. The minimum Gasteiger partial charge on any atom is -0.434 e. The second-order valence-electron chi connectivity index (χ2n) is 3.57. The van der Waals surface area contributed by atoms with Gasteiger partial charge in [-0.25, -0.2) is 0 Å². The summed E-state index contributed by atoms with van der Waals surface area (Å²) in [5, 5.41) is 17.9. The van der Waals surface area contributed by atoms with Crippen molar-refractivity contribution in [2.45, 2.75) is 6.73 Å². The van der Waals surface area contributed by atoms with Crippen LogP contribution in [0.15, 0.2) is 48.8 Å². The van der Waals surface area contributed by atoms with E-state index in [2.05, 4.69) is 0 Å². The molecule has 2 aromatic rings. The molecule has 18 heavy (non-hydrogen) atoms. The van der Waals surface area contributed by atoms with Crippen LogP contribution in [0.5, 0.6) is 5.75 Å². The molecular weight excluding hydrogens is 226 g/mol. The molecule has 0 unspecified atom stereocenters. The number of pyridine rings is 1. The SMILES string of the molecule is N#Cc1cccc(OC[n+]2ccccc2)c1C#N. The Morgan fingerprint density at radius 3 is 2.44 bits per heavy atom. The number of rotatable bonds is 3. The highest BCUT2D eigenvalue weighted by molar-refractivity contribution is 5.53. The Balaban J connectivity index is 2.21. The van der Waals surface area contributed by atoms with E-state index in [1.807, 2.05) is 47.3 Å². The van der Waals surface area contributed by atoms with Crippen molar-refractivity contribution in [1.29, 1.82) is 10.5 Å². The van der Waals surface area contributed by atoms with Gasteiger partial charge < -0.3 is 4.74 Å². The van der Waals surface area contributed by atoms with Crippen LogP contribution in [-0.4, -0.2) is 0 Å². The number of ether oxygens (including phenoxy) is 1. The van der Waals surface area contributed by atoms with Crippen molar-refractivity contribution < 1.29 is 9.30 Å². The van der Waals surface area contributed by atoms with Crippen LogP contribution in [-0.2, 0) is 6.73 Å². The van der Waals surface area contributed by atoms with Crippen molar-refractivity contribution >= 4 is 0 Å². The molecule has 2 rings (SSSR count). The number of nitriles is 2. The maximum atomic E-state index is 9.04. The van der Waals surface area contributed by atoms with Gasteiger partial charge in [0.15, 0.2) is 12.4 Å². The molecule has 0 amide bonds. The van der Waals surface area contributed by atoms with E-state index in [9.17, 15) is 0 Å². The predicted molar refractivity (Wildman–Crippen MR) is 63.1 cm³/mol. The van der Waals surface area contributed by atoms with Crippen LogP contribution in [0.4, 0.5) is 0 Å². The summed E-state index contributed by atoms with van der Waals surface area (Å²) in [5.74, 6) is 0.424. The minimum atomic E-state index is 0.275. The molecule has 1 aromatic heterocycles. The van der Waals surface area contributed by atoms with Gasteiger partial charge >= 0.3 is 0 Å². The monoisotopic (exact) mass is 236 g/mol. The highest BCUT2D eigenvalue weighted by Gasteiger charge is 2.10. The van der Waals surface area contributed by atoms with Crippen molar-refractivity contribution in [3.05, 3.63) is 59.9 Å². The van der Waals surface area contributed by atoms with Crippen LogP contribution >= 0.6 is 0 Å². The van der Waals surface area contributed by atoms with Gasteiger partial charge in [-0.05, 0) is 12.1 Å². The van der Waals surface area contributed by atoms with E-state index in [4.69, 9.17) is 15.3 Å². The van der Waals surface area contributed by atoms with E-state index in [1.54, 1.807) is 18.2 Å². The molecule has 0 aliphatic heterocycles. The molecular formula is C14H10N3O+. The quantitative estimate of drug-likeness (QED) is 0.763. The summed E-state index contributed by atoms with van der Waals surface area (Å²) in [4.78, 5) is 0. The van der Waals surface area contributed by atoms with E-state index < -0.39 is 0 Å². The molecule has 0 radical (unpaired) electrons. The van der Waals surface area contributed by atoms with Crippen LogP contribution in [0.2, 0.25) is 0 Å². The Bertz CT molecular complexity index is 624. The van der Waals surface area contributed by atoms with Gasteiger partial charge in [0, 0.05) is 12.1 Å². The van der Waals surface area contributed by atoms with Crippen molar-refractivity contribution in [2.24, 2.45) is 0 Å². The molecule has 0 atom stereocenters. The van der Waals surface area contributed by atoms with Gasteiger partial charge in [-0.15, -0.1) is 0 Å². The lowest BCUT2D eigenvalue weighted by molar-refractivity contribution is -0.724. The van der Waals surface area contributed by atoms with E-state index >= 15 is 0 Å². The average Bonchev–Trinajstić information content (AvgIpc) is 2.45. The highest BCUT2D eigenvalue weighted by Crippen LogP contribution is 2.20. The molecule has 86 valence electrons. The molecule has 0 fully saturated rings. The molecule has 1 heterocycles. The topological polar surface area (TPSA) is 60.7 Å². The number of nitrogens with zero attached hydrogens (tertiary/aromatic N) is 3. The van der Waals surface area contributed by atoms with Crippen molar-refractivity contribution in [1.82, 2.24) is 0 Å². The first-order valence-electron chi connectivity index (χ1n) is 5.35. The Morgan fingerprint density at radius 2 is 1.78 bits per heavy atom. The molecule has 0 aliphatic rings. The van der Waals surface area contributed by atoms with Gasteiger partial charge in [0.05, 0.1) is 5.56 Å². The fraction of sp³-hybridized carbons (Fsp3) is 0.0714. The maximum absolute atomic E-state index is 9.04. The number of hydrogen-bond donors (Lipinski definition) is 0. The van der Waals surface area contributed by atoms with Crippen molar-refractivity contribution in [2.75, 3.05) is 0 Å². The van der Waals surface area contributed by atoms with Crippen LogP contribution in [0.1, 0.15) is 11.1 Å². The lowest BCUT2D eigenvalue weighted by Crippen LogP contribution is -2.35. The minimum absolute atomic E-state index is 0.275. The Kier molecular flexibility index (Phi) is 3.53. The Hall–Kier alpha value is -2.85. The fourth-order valence-electron chi connectivity index (χ4n) is 1.52. The van der Waals surface area contributed by atoms with E-state index in [0.717, 1.165) is 0 Å². The lowest BCUT2D eigenvalue weighted by atomic mass is 10.1. The third kappa shape index (κ3) is 2.45. The molecule has 4 heteroatoms. The van der Waals surface area contributed by atoms with Gasteiger partial charge in [-0.1, -0.05) is 12.1 Å². The number of benzene rings is 1. The predicted octanol–water partition coefficient (Wildman–Crippen LogP) is 1.75. The smallest absolute Gasteiger partial charge is 0.292 e. The standard InChI is InChI=1S/C14H10N3O/c15-9-12-5-4-6-14(13(12)10-16)18-11-17-7-2-1-3-8-17/h1-8H,11H2/q+1. The number of aromatic nitrogens is 1. The van der Waals surface area contributed by atoms with Crippen molar-refractivity contribution in [3.8, 4) is 17.9 Å². The second-order valence-corrected chi connectivity index (χ2v) is 3.57. The summed E-state index contributed by atoms with van der Waals surface area (Å²) in [7, 11) is 0. The average molecular weight is 236 g/mol. The summed E-state index contributed by atoms with van der Waals surface area (Å²) in [6.07, 6.45) is 3.72. The van der Waals surface area contributed by atoms with Crippen LogP contribution < -0.4 is 9.30 Å². The fourth-order valence-corrected chi connectivity index (χ4v) is 1.52. The highest BCUT2D eigenvalue weighted by atomic mass is 16.5. The molecule has 0 aliphatic carbocycles. The Labute approximate surface area is 105 Å². The summed E-state index contributed by atoms with van der Waals surface area (Å²) < 4.78 is 7.38. The second kappa shape index (κ2) is 5.47. The first-order chi connectivity index (χ1) is 8.85. The van der Waals surface area contributed by atoms with Gasteiger partial charge in [-0.2, -0.15) is 15.1 Å². The maximum Gasteiger partial charge on any atom is 0.292 e. The normalized spacial score (nSPS) is 9.22. The largest absolute Gasteiger partial charge is 0.434 e. The van der Waals surface area contributed by atoms with Crippen LogP contribution in [0.3, 0.4) is 0 Å². The zero-order valence-electron chi connectivity index (χ0n) is 9.58. The molecule has 0 spiro atoms. The molecule has 0 bridgehead atoms. The first kappa shape index (κ1) is 11.6. The third-order valence-electron chi connectivity index (χ3n) is 2.40. The molecule has 4 nitrogen and oxygen atoms in total. The third-order valence-corrected chi connectivity index (χ3v) is 2.40. The van der Waals surface area contributed by atoms with Crippen LogP contribution in [0.25, 0.3) is 0 Å². The Morgan fingerprint density at radius 1 is 1.00 bits per heavy atom. The van der Waals surface area contributed by atoms with Gasteiger partial charge in [-0.3, -0.25) is 0 Å². The molecule has 0 saturated heterocycles. The first-order valence-corrected chi connectivity index (χ1v) is 5.35. The van der Waals surface area contributed by atoms with E-state index in [1.165, 1.54) is 0 Å². The summed E-state index contributed by atoms with van der Waals surface area (Å²) in [6.45, 7) is 0.296. The summed E-state index contributed by atoms with van der Waals surface area (Å²) in [6, 6.07) is 14.6. The molecule has 1 aromatic carbocycles.